The van der Waals surface area contributed by atoms with Crippen LogP contribution < -0.4 is 4.57 Å². The van der Waals surface area contributed by atoms with Crippen molar-refractivity contribution in [2.24, 2.45) is 7.05 Å². The van der Waals surface area contributed by atoms with Crippen LogP contribution in [0, 0.1) is 19.3 Å². The van der Waals surface area contributed by atoms with Gasteiger partial charge in [0, 0.05) is 28.5 Å². The monoisotopic (exact) mass is 317 g/mol. The summed E-state index contributed by atoms with van der Waals surface area (Å²) in [6, 6.07) is 12.7. The van der Waals surface area contributed by atoms with Crippen LogP contribution in [0.2, 0.25) is 0 Å². The Balaban J connectivity index is 2.15. The largest absolute Gasteiger partial charge is 0.454 e. The van der Waals surface area contributed by atoms with Crippen LogP contribution in [0.1, 0.15) is 5.56 Å². The average molecular weight is 317 g/mol. The number of aromatic nitrogens is 1. The summed E-state index contributed by atoms with van der Waals surface area (Å²) in [7, 11) is 1.98. The summed E-state index contributed by atoms with van der Waals surface area (Å²) in [5, 5.41) is 1.31. The Bertz CT molecular complexity index is 1150. The molecule has 24 heavy (non-hydrogen) atoms. The number of hydrogen-bond donors (Lipinski definition) is 0. The molecule has 116 valence electrons. The van der Waals surface area contributed by atoms with E-state index in [4.69, 9.17) is 11.0 Å². The standard InChI is InChI=1S/C20H14FN2O/c1-12-10-18-14(11-13(12)17-6-4-5-9-23(17)3)19-16(22-2)8-7-15(21)20(19)24-18/h4-11H,1,3H3/q+1. The minimum Gasteiger partial charge on any atom is -0.454 e. The first kappa shape index (κ1) is 14.4. The van der Waals surface area contributed by atoms with Gasteiger partial charge in [-0.25, -0.2) is 13.8 Å². The molecule has 2 heterocycles. The maximum absolute atomic E-state index is 14.1. The minimum atomic E-state index is -0.446. The Labute approximate surface area is 138 Å². The Kier molecular flexibility index (Phi) is 3.10. The van der Waals surface area contributed by atoms with Gasteiger partial charge in [-0.15, -0.1) is 0 Å². The van der Waals surface area contributed by atoms with Crippen LogP contribution in [0.4, 0.5) is 10.1 Å². The smallest absolute Gasteiger partial charge is 0.212 e. The highest BCUT2D eigenvalue weighted by Crippen LogP contribution is 2.39. The fourth-order valence-electron chi connectivity index (χ4n) is 3.15. The highest BCUT2D eigenvalue weighted by Gasteiger charge is 2.19. The van der Waals surface area contributed by atoms with Crippen LogP contribution in [0.25, 0.3) is 38.0 Å². The third kappa shape index (κ3) is 1.99. The molecule has 0 amide bonds. The lowest BCUT2D eigenvalue weighted by Gasteiger charge is -2.04. The number of halogens is 1. The van der Waals surface area contributed by atoms with E-state index in [2.05, 4.69) is 4.85 Å². The molecule has 4 rings (SSSR count). The molecular formula is C20H14FN2O+. The SMILES string of the molecule is [C-]#[N+]c1ccc(F)c2oc3cc(C)c(-c4cccc[n+]4C)cc3c12. The Hall–Kier alpha value is -3.19. The molecule has 0 N–H and O–H groups in total. The van der Waals surface area contributed by atoms with Gasteiger partial charge < -0.3 is 4.42 Å². The summed E-state index contributed by atoms with van der Waals surface area (Å²) in [5.41, 5.74) is 4.26. The lowest BCUT2D eigenvalue weighted by atomic mass is 10.0. The Morgan fingerprint density at radius 1 is 1.17 bits per heavy atom. The van der Waals surface area contributed by atoms with Crippen molar-refractivity contribution in [2.75, 3.05) is 0 Å². The molecule has 4 aromatic rings. The van der Waals surface area contributed by atoms with Gasteiger partial charge in [0.25, 0.3) is 0 Å². The summed E-state index contributed by atoms with van der Waals surface area (Å²) in [5.74, 6) is -0.446. The molecule has 0 bridgehead atoms. The van der Waals surface area contributed by atoms with Crippen LogP contribution in [0.15, 0.2) is 53.1 Å². The van der Waals surface area contributed by atoms with Gasteiger partial charge in [-0.2, -0.15) is 0 Å². The second-order valence-electron chi connectivity index (χ2n) is 5.84. The first-order valence-corrected chi connectivity index (χ1v) is 7.58. The number of furan rings is 1. The van der Waals surface area contributed by atoms with Crippen molar-refractivity contribution in [3.8, 4) is 11.3 Å². The van der Waals surface area contributed by atoms with Crippen molar-refractivity contribution < 1.29 is 13.4 Å². The molecule has 0 radical (unpaired) electrons. The van der Waals surface area contributed by atoms with Gasteiger partial charge in [0.15, 0.2) is 23.3 Å². The van der Waals surface area contributed by atoms with E-state index in [0.29, 0.717) is 16.7 Å². The molecule has 3 nitrogen and oxygen atoms in total. The predicted molar refractivity (Wildman–Crippen MR) is 91.3 cm³/mol. The topological polar surface area (TPSA) is 21.4 Å². The van der Waals surface area contributed by atoms with Gasteiger partial charge in [0.2, 0.25) is 5.69 Å². The van der Waals surface area contributed by atoms with Gasteiger partial charge in [-0.3, -0.25) is 0 Å². The molecule has 4 heteroatoms. The molecule has 0 fully saturated rings. The number of hydrogen-bond acceptors (Lipinski definition) is 1. The van der Waals surface area contributed by atoms with Crippen LogP contribution >= 0.6 is 0 Å². The molecule has 2 aromatic heterocycles. The quantitative estimate of drug-likeness (QED) is 0.354. The summed E-state index contributed by atoms with van der Waals surface area (Å²) < 4.78 is 21.9. The molecule has 0 atom stereocenters. The number of aryl methyl sites for hydroxylation is 2. The van der Waals surface area contributed by atoms with Gasteiger partial charge >= 0.3 is 0 Å². The third-order valence-electron chi connectivity index (χ3n) is 4.35. The number of fused-ring (bicyclic) bond motifs is 3. The lowest BCUT2D eigenvalue weighted by Crippen LogP contribution is -2.30. The average Bonchev–Trinajstić information content (AvgIpc) is 2.94. The van der Waals surface area contributed by atoms with Gasteiger partial charge in [-0.1, -0.05) is 6.07 Å². The van der Waals surface area contributed by atoms with Crippen LogP contribution in [-0.2, 0) is 7.05 Å². The fourth-order valence-corrected chi connectivity index (χ4v) is 3.15. The highest BCUT2D eigenvalue weighted by molar-refractivity contribution is 6.12. The molecule has 0 unspecified atom stereocenters. The lowest BCUT2D eigenvalue weighted by molar-refractivity contribution is -0.660. The van der Waals surface area contributed by atoms with E-state index in [1.165, 1.54) is 12.1 Å². The van der Waals surface area contributed by atoms with Crippen LogP contribution in [0.5, 0.6) is 0 Å². The van der Waals surface area contributed by atoms with E-state index in [-0.39, 0.29) is 5.58 Å². The second kappa shape index (κ2) is 5.17. The summed E-state index contributed by atoms with van der Waals surface area (Å²) in [4.78, 5) is 3.52. The third-order valence-corrected chi connectivity index (χ3v) is 4.35. The zero-order chi connectivity index (χ0) is 16.8. The summed E-state index contributed by atoms with van der Waals surface area (Å²) >= 11 is 0. The van der Waals surface area contributed by atoms with E-state index in [0.717, 1.165) is 22.2 Å². The maximum atomic E-state index is 14.1. The van der Waals surface area contributed by atoms with E-state index >= 15 is 0 Å². The van der Waals surface area contributed by atoms with E-state index < -0.39 is 5.82 Å². The van der Waals surface area contributed by atoms with Crippen molar-refractivity contribution in [1.29, 1.82) is 0 Å². The molecule has 2 aromatic carbocycles. The minimum absolute atomic E-state index is 0.146. The summed E-state index contributed by atoms with van der Waals surface area (Å²) in [6.07, 6.45) is 1.98. The van der Waals surface area contributed by atoms with E-state index in [9.17, 15) is 4.39 Å². The van der Waals surface area contributed by atoms with Crippen molar-refractivity contribution in [3.05, 3.63) is 71.5 Å². The van der Waals surface area contributed by atoms with E-state index in [1.54, 1.807) is 0 Å². The van der Waals surface area contributed by atoms with Gasteiger partial charge in [-0.05, 0) is 36.8 Å². The van der Waals surface area contributed by atoms with Crippen molar-refractivity contribution in [1.82, 2.24) is 0 Å². The first-order valence-electron chi connectivity index (χ1n) is 7.58. The predicted octanol–water partition coefficient (Wildman–Crippen LogP) is 5.08. The Morgan fingerprint density at radius 2 is 2.00 bits per heavy atom. The molecular weight excluding hydrogens is 303 g/mol. The van der Waals surface area contributed by atoms with Gasteiger partial charge in [0.1, 0.15) is 12.6 Å². The maximum Gasteiger partial charge on any atom is 0.212 e. The molecule has 0 saturated carbocycles. The number of rotatable bonds is 1. The van der Waals surface area contributed by atoms with Gasteiger partial charge in [0.05, 0.1) is 6.57 Å². The fraction of sp³-hybridized carbons (Fsp3) is 0.100. The highest BCUT2D eigenvalue weighted by atomic mass is 19.1. The second-order valence-corrected chi connectivity index (χ2v) is 5.84. The molecule has 0 aliphatic rings. The molecule has 0 spiro atoms. The molecule has 0 saturated heterocycles. The number of nitrogens with zero attached hydrogens (tertiary/aromatic N) is 2. The summed E-state index contributed by atoms with van der Waals surface area (Å²) in [6.45, 7) is 9.36. The number of pyridine rings is 1. The van der Waals surface area contributed by atoms with Crippen molar-refractivity contribution in [3.63, 3.8) is 0 Å². The van der Waals surface area contributed by atoms with Crippen molar-refractivity contribution in [2.45, 2.75) is 6.92 Å². The zero-order valence-corrected chi connectivity index (χ0v) is 13.3. The normalized spacial score (nSPS) is 11.1. The molecule has 0 aliphatic carbocycles. The van der Waals surface area contributed by atoms with E-state index in [1.807, 2.05) is 55.1 Å². The number of benzene rings is 2. The van der Waals surface area contributed by atoms with Crippen molar-refractivity contribution >= 4 is 27.6 Å². The first-order chi connectivity index (χ1) is 11.6. The molecule has 0 aliphatic heterocycles. The van der Waals surface area contributed by atoms with Crippen LogP contribution in [-0.4, -0.2) is 0 Å². The zero-order valence-electron chi connectivity index (χ0n) is 13.3. The Morgan fingerprint density at radius 3 is 2.75 bits per heavy atom. The van der Waals surface area contributed by atoms with Crippen LogP contribution in [0.3, 0.4) is 0 Å².